The molecule has 2 rings (SSSR count). The van der Waals surface area contributed by atoms with Crippen LogP contribution in [0.15, 0.2) is 30.5 Å². The molecular formula is C12H11ClN4O2. The smallest absolute Gasteiger partial charge is 0.258 e. The summed E-state index contributed by atoms with van der Waals surface area (Å²) in [5.74, 6) is 0.263. The van der Waals surface area contributed by atoms with Gasteiger partial charge in [0, 0.05) is 11.8 Å². The lowest BCUT2D eigenvalue weighted by molar-refractivity contribution is 0.102. The van der Waals surface area contributed by atoms with Crippen LogP contribution in [0.1, 0.15) is 10.4 Å². The van der Waals surface area contributed by atoms with E-state index in [0.29, 0.717) is 17.0 Å². The number of ether oxygens (including phenoxy) is 1. The number of anilines is 2. The summed E-state index contributed by atoms with van der Waals surface area (Å²) in [4.78, 5) is 19.7. The van der Waals surface area contributed by atoms with Crippen LogP contribution in [0.25, 0.3) is 0 Å². The Kier molecular flexibility index (Phi) is 3.82. The molecule has 3 N–H and O–H groups in total. The Labute approximate surface area is 114 Å². The molecule has 0 radical (unpaired) electrons. The lowest BCUT2D eigenvalue weighted by atomic mass is 10.2. The first-order valence-electron chi connectivity index (χ1n) is 5.33. The van der Waals surface area contributed by atoms with Gasteiger partial charge in [-0.2, -0.15) is 0 Å². The van der Waals surface area contributed by atoms with Crippen molar-refractivity contribution in [3.05, 3.63) is 41.2 Å². The van der Waals surface area contributed by atoms with Gasteiger partial charge in [0.2, 0.25) is 5.95 Å². The molecule has 98 valence electrons. The number of carbonyl (C=O) groups is 1. The first-order valence-corrected chi connectivity index (χ1v) is 5.71. The second-order valence-corrected chi connectivity index (χ2v) is 4.00. The fourth-order valence-corrected chi connectivity index (χ4v) is 1.58. The summed E-state index contributed by atoms with van der Waals surface area (Å²) in [7, 11) is 1.51. The van der Waals surface area contributed by atoms with Crippen molar-refractivity contribution in [2.75, 3.05) is 18.2 Å². The Morgan fingerprint density at radius 3 is 2.84 bits per heavy atom. The van der Waals surface area contributed by atoms with E-state index in [1.165, 1.54) is 25.4 Å². The number of nitrogen functional groups attached to an aromatic ring is 1. The summed E-state index contributed by atoms with van der Waals surface area (Å²) >= 11 is 5.70. The zero-order valence-electron chi connectivity index (χ0n) is 10.1. The van der Waals surface area contributed by atoms with Crippen LogP contribution < -0.4 is 15.8 Å². The van der Waals surface area contributed by atoms with Gasteiger partial charge in [0.15, 0.2) is 0 Å². The SMILES string of the molecule is COc1ccc(C(=O)Nc2nccc(Cl)n2)cc1N. The maximum Gasteiger partial charge on any atom is 0.258 e. The van der Waals surface area contributed by atoms with Crippen LogP contribution in [0.3, 0.4) is 0 Å². The molecule has 0 saturated heterocycles. The predicted molar refractivity (Wildman–Crippen MR) is 72.4 cm³/mol. The summed E-state index contributed by atoms with van der Waals surface area (Å²) in [5.41, 5.74) is 6.48. The number of aromatic nitrogens is 2. The van der Waals surface area contributed by atoms with Gasteiger partial charge in [0.25, 0.3) is 5.91 Å². The number of halogens is 1. The zero-order valence-corrected chi connectivity index (χ0v) is 10.8. The lowest BCUT2D eigenvalue weighted by Crippen LogP contribution is -2.14. The highest BCUT2D eigenvalue weighted by Crippen LogP contribution is 2.22. The van der Waals surface area contributed by atoms with E-state index in [2.05, 4.69) is 15.3 Å². The normalized spacial score (nSPS) is 10.0. The molecule has 0 aliphatic rings. The number of hydrogen-bond donors (Lipinski definition) is 2. The molecule has 19 heavy (non-hydrogen) atoms. The third-order valence-electron chi connectivity index (χ3n) is 2.34. The Balaban J connectivity index is 2.18. The molecule has 0 aliphatic heterocycles. The number of rotatable bonds is 3. The Bertz CT molecular complexity index is 618. The molecule has 0 saturated carbocycles. The van der Waals surface area contributed by atoms with Crippen molar-refractivity contribution >= 4 is 29.1 Å². The van der Waals surface area contributed by atoms with Crippen molar-refractivity contribution in [2.24, 2.45) is 0 Å². The van der Waals surface area contributed by atoms with Gasteiger partial charge in [0.1, 0.15) is 10.9 Å². The molecule has 0 fully saturated rings. The van der Waals surface area contributed by atoms with Crippen molar-refractivity contribution in [2.45, 2.75) is 0 Å². The highest BCUT2D eigenvalue weighted by atomic mass is 35.5. The number of nitrogens with zero attached hydrogens (tertiary/aromatic N) is 2. The molecule has 7 heteroatoms. The van der Waals surface area contributed by atoms with E-state index in [4.69, 9.17) is 22.1 Å². The highest BCUT2D eigenvalue weighted by molar-refractivity contribution is 6.29. The van der Waals surface area contributed by atoms with E-state index in [0.717, 1.165) is 0 Å². The van der Waals surface area contributed by atoms with E-state index in [9.17, 15) is 4.79 Å². The highest BCUT2D eigenvalue weighted by Gasteiger charge is 2.10. The van der Waals surface area contributed by atoms with Crippen molar-refractivity contribution < 1.29 is 9.53 Å². The number of nitrogens with two attached hydrogens (primary N) is 1. The van der Waals surface area contributed by atoms with Crippen LogP contribution in [-0.4, -0.2) is 23.0 Å². The Hall–Kier alpha value is -2.34. The number of hydrogen-bond acceptors (Lipinski definition) is 5. The molecule has 6 nitrogen and oxygen atoms in total. The summed E-state index contributed by atoms with van der Waals surface area (Å²) in [6, 6.07) is 6.24. The van der Waals surface area contributed by atoms with Gasteiger partial charge < -0.3 is 10.5 Å². The van der Waals surface area contributed by atoms with Crippen LogP contribution in [-0.2, 0) is 0 Å². The first kappa shape index (κ1) is 13.1. The molecule has 2 aromatic rings. The summed E-state index contributed by atoms with van der Waals surface area (Å²) in [6.45, 7) is 0. The molecule has 0 bridgehead atoms. The van der Waals surface area contributed by atoms with Gasteiger partial charge in [0.05, 0.1) is 12.8 Å². The van der Waals surface area contributed by atoms with Crippen LogP contribution in [0.4, 0.5) is 11.6 Å². The van der Waals surface area contributed by atoms with Crippen LogP contribution in [0.2, 0.25) is 5.15 Å². The molecule has 1 aromatic heterocycles. The van der Waals surface area contributed by atoms with Crippen LogP contribution in [0.5, 0.6) is 5.75 Å². The number of amides is 1. The monoisotopic (exact) mass is 278 g/mol. The van der Waals surface area contributed by atoms with Crippen molar-refractivity contribution in [3.8, 4) is 5.75 Å². The minimum absolute atomic E-state index is 0.131. The van der Waals surface area contributed by atoms with E-state index in [1.54, 1.807) is 12.1 Å². The quantitative estimate of drug-likeness (QED) is 0.662. The average Bonchev–Trinajstić information content (AvgIpc) is 2.38. The third-order valence-corrected chi connectivity index (χ3v) is 2.55. The topological polar surface area (TPSA) is 90.1 Å². The Morgan fingerprint density at radius 2 is 2.21 bits per heavy atom. The third kappa shape index (κ3) is 3.11. The maximum absolute atomic E-state index is 11.9. The number of carbonyl (C=O) groups excluding carboxylic acids is 1. The van der Waals surface area contributed by atoms with Gasteiger partial charge >= 0.3 is 0 Å². The molecule has 1 aromatic carbocycles. The maximum atomic E-state index is 11.9. The fourth-order valence-electron chi connectivity index (χ4n) is 1.45. The molecule has 0 atom stereocenters. The van der Waals surface area contributed by atoms with Crippen molar-refractivity contribution in [1.82, 2.24) is 9.97 Å². The standard InChI is InChI=1S/C12H11ClN4O2/c1-19-9-3-2-7(6-8(9)14)11(18)17-12-15-5-4-10(13)16-12/h2-6H,14H2,1H3,(H,15,16,17,18). The van der Waals surface area contributed by atoms with E-state index >= 15 is 0 Å². The molecule has 0 spiro atoms. The number of benzene rings is 1. The van der Waals surface area contributed by atoms with E-state index in [-0.39, 0.29) is 17.0 Å². The second kappa shape index (κ2) is 5.53. The number of nitrogens with one attached hydrogen (secondary N) is 1. The molecule has 0 aliphatic carbocycles. The van der Waals surface area contributed by atoms with Gasteiger partial charge in [-0.15, -0.1) is 0 Å². The lowest BCUT2D eigenvalue weighted by Gasteiger charge is -2.07. The summed E-state index contributed by atoms with van der Waals surface area (Å²) in [5, 5.41) is 2.77. The average molecular weight is 279 g/mol. The molecule has 1 amide bonds. The molecular weight excluding hydrogens is 268 g/mol. The largest absolute Gasteiger partial charge is 0.495 e. The summed E-state index contributed by atoms with van der Waals surface area (Å²) < 4.78 is 5.01. The van der Waals surface area contributed by atoms with Gasteiger partial charge in [-0.25, -0.2) is 9.97 Å². The van der Waals surface area contributed by atoms with E-state index < -0.39 is 0 Å². The predicted octanol–water partition coefficient (Wildman–Crippen LogP) is 1.97. The molecule has 0 unspecified atom stereocenters. The van der Waals surface area contributed by atoms with Crippen LogP contribution in [0, 0.1) is 0 Å². The van der Waals surface area contributed by atoms with Crippen molar-refractivity contribution in [1.29, 1.82) is 0 Å². The minimum Gasteiger partial charge on any atom is -0.495 e. The van der Waals surface area contributed by atoms with Crippen LogP contribution >= 0.6 is 11.6 Å². The zero-order chi connectivity index (χ0) is 13.8. The first-order chi connectivity index (χ1) is 9.10. The van der Waals surface area contributed by atoms with Gasteiger partial charge in [-0.1, -0.05) is 11.6 Å². The van der Waals surface area contributed by atoms with Gasteiger partial charge in [-0.3, -0.25) is 10.1 Å². The summed E-state index contributed by atoms with van der Waals surface area (Å²) in [6.07, 6.45) is 1.45. The molecule has 1 heterocycles. The second-order valence-electron chi connectivity index (χ2n) is 3.61. The van der Waals surface area contributed by atoms with Gasteiger partial charge in [-0.05, 0) is 24.3 Å². The van der Waals surface area contributed by atoms with Crippen molar-refractivity contribution in [3.63, 3.8) is 0 Å². The Morgan fingerprint density at radius 1 is 1.42 bits per heavy atom. The fraction of sp³-hybridized carbons (Fsp3) is 0.0833. The number of methoxy groups -OCH3 is 1. The minimum atomic E-state index is -0.378. The van der Waals surface area contributed by atoms with E-state index in [1.807, 2.05) is 0 Å².